The van der Waals surface area contributed by atoms with E-state index >= 15 is 0 Å². The van der Waals surface area contributed by atoms with E-state index in [-0.39, 0.29) is 0 Å². The minimum Gasteiger partial charge on any atom is -0.265 e. The molecule has 0 spiro atoms. The zero-order valence-corrected chi connectivity index (χ0v) is 7.29. The first-order chi connectivity index (χ1) is 6.24. The monoisotopic (exact) mass is 176 g/mol. The zero-order chi connectivity index (χ0) is 9.42. The van der Waals surface area contributed by atoms with E-state index in [2.05, 4.69) is 11.7 Å². The van der Waals surface area contributed by atoms with E-state index < -0.39 is 5.95 Å². The summed E-state index contributed by atoms with van der Waals surface area (Å²) >= 11 is 0. The van der Waals surface area contributed by atoms with Crippen LogP contribution in [0.1, 0.15) is 5.56 Å². The molecule has 0 unspecified atom stereocenters. The molecule has 2 nitrogen and oxygen atoms in total. The first-order valence-electron chi connectivity index (χ1n) is 3.97. The van der Waals surface area contributed by atoms with Crippen LogP contribution >= 0.6 is 0 Å². The van der Waals surface area contributed by atoms with Gasteiger partial charge in [-0.15, -0.1) is 5.10 Å². The van der Waals surface area contributed by atoms with Crippen LogP contribution in [0.5, 0.6) is 0 Å². The molecule has 0 aliphatic heterocycles. The van der Waals surface area contributed by atoms with Crippen LogP contribution in [0, 0.1) is 5.95 Å². The largest absolute Gasteiger partial charge is 0.265 e. The van der Waals surface area contributed by atoms with Crippen LogP contribution < -0.4 is 0 Å². The Morgan fingerprint density at radius 3 is 3.00 bits per heavy atom. The Labute approximate surface area is 75.3 Å². The fraction of sp³-hybridized carbons (Fsp3) is 0.100. The van der Waals surface area contributed by atoms with Gasteiger partial charge in [-0.2, -0.15) is 4.39 Å². The average molecular weight is 176 g/mol. The zero-order valence-electron chi connectivity index (χ0n) is 7.29. The van der Waals surface area contributed by atoms with Gasteiger partial charge < -0.3 is 0 Å². The lowest BCUT2D eigenvalue weighted by molar-refractivity contribution is 0.562. The smallest absolute Gasteiger partial charge is 0.241 e. The van der Waals surface area contributed by atoms with Gasteiger partial charge >= 0.3 is 0 Å². The number of halogens is 1. The number of rotatable bonds is 1. The fourth-order valence-electron chi connectivity index (χ4n) is 1.46. The second kappa shape index (κ2) is 2.69. The summed E-state index contributed by atoms with van der Waals surface area (Å²) in [5, 5.41) is 4.24. The summed E-state index contributed by atoms with van der Waals surface area (Å²) in [6.45, 7) is 3.63. The summed E-state index contributed by atoms with van der Waals surface area (Å²) in [7, 11) is 1.72. The number of nitrogens with zero attached hydrogens (tertiary/aromatic N) is 2. The Bertz CT molecular complexity index is 471. The number of hydrogen-bond acceptors (Lipinski definition) is 1. The molecule has 1 heterocycles. The normalized spacial score (nSPS) is 10.6. The Balaban J connectivity index is 2.96. The molecule has 0 aliphatic carbocycles. The minimum absolute atomic E-state index is 0.437. The maximum atomic E-state index is 13.3. The van der Waals surface area contributed by atoms with Crippen molar-refractivity contribution >= 4 is 17.0 Å². The van der Waals surface area contributed by atoms with Crippen LogP contribution in [-0.4, -0.2) is 9.78 Å². The first-order valence-corrected chi connectivity index (χ1v) is 3.97. The third kappa shape index (κ3) is 1.04. The summed E-state index contributed by atoms with van der Waals surface area (Å²) in [5.41, 5.74) is 1.57. The van der Waals surface area contributed by atoms with Crippen molar-refractivity contribution in [2.75, 3.05) is 0 Å². The number of hydrogen-bond donors (Lipinski definition) is 0. The summed E-state index contributed by atoms with van der Waals surface area (Å²) in [4.78, 5) is 0. The van der Waals surface area contributed by atoms with Gasteiger partial charge in [0.2, 0.25) is 5.95 Å². The summed E-state index contributed by atoms with van der Waals surface area (Å²) in [5.74, 6) is -0.437. The van der Waals surface area contributed by atoms with Gasteiger partial charge in [0, 0.05) is 7.05 Å². The van der Waals surface area contributed by atoms with Gasteiger partial charge in [0.15, 0.2) is 0 Å². The molecule has 0 aliphatic rings. The molecule has 1 aromatic heterocycles. The van der Waals surface area contributed by atoms with Gasteiger partial charge in [-0.1, -0.05) is 24.8 Å². The maximum Gasteiger partial charge on any atom is 0.241 e. The highest BCUT2D eigenvalue weighted by Crippen LogP contribution is 2.21. The van der Waals surface area contributed by atoms with Crippen molar-refractivity contribution in [2.45, 2.75) is 0 Å². The van der Waals surface area contributed by atoms with E-state index in [4.69, 9.17) is 0 Å². The standard InChI is InChI=1S/C10H9FN2/c1-3-7-5-4-6-8-9(7)10(11)12-13(8)2/h3-6H,1H2,2H3. The third-order valence-corrected chi connectivity index (χ3v) is 2.09. The Morgan fingerprint density at radius 1 is 1.54 bits per heavy atom. The van der Waals surface area contributed by atoms with Crippen molar-refractivity contribution in [3.63, 3.8) is 0 Å². The van der Waals surface area contributed by atoms with E-state index in [1.807, 2.05) is 18.2 Å². The molecule has 3 heteroatoms. The topological polar surface area (TPSA) is 17.8 Å². The van der Waals surface area contributed by atoms with Gasteiger partial charge in [-0.25, -0.2) is 0 Å². The van der Waals surface area contributed by atoms with Crippen LogP contribution in [0.15, 0.2) is 24.8 Å². The molecule has 0 saturated heterocycles. The quantitative estimate of drug-likeness (QED) is 0.652. The van der Waals surface area contributed by atoms with Crippen molar-refractivity contribution in [2.24, 2.45) is 7.05 Å². The fourth-order valence-corrected chi connectivity index (χ4v) is 1.46. The molecule has 13 heavy (non-hydrogen) atoms. The molecule has 2 rings (SSSR count). The highest BCUT2D eigenvalue weighted by Gasteiger charge is 2.09. The van der Waals surface area contributed by atoms with E-state index in [9.17, 15) is 4.39 Å². The molecule has 66 valence electrons. The predicted octanol–water partition coefficient (Wildman–Crippen LogP) is 2.36. The van der Waals surface area contributed by atoms with Gasteiger partial charge in [-0.3, -0.25) is 4.68 Å². The lowest BCUT2D eigenvalue weighted by Gasteiger charge is -1.95. The highest BCUT2D eigenvalue weighted by molar-refractivity contribution is 5.88. The summed E-state index contributed by atoms with van der Waals surface area (Å²) in [6, 6.07) is 5.51. The number of aryl methyl sites for hydroxylation is 1. The van der Waals surface area contributed by atoms with E-state index in [1.54, 1.807) is 13.1 Å². The molecular formula is C10H9FN2. The summed E-state index contributed by atoms with van der Waals surface area (Å²) < 4.78 is 14.8. The molecule has 0 atom stereocenters. The van der Waals surface area contributed by atoms with Crippen LogP contribution in [0.3, 0.4) is 0 Å². The van der Waals surface area contributed by atoms with Gasteiger partial charge in [0.25, 0.3) is 0 Å². The second-order valence-electron chi connectivity index (χ2n) is 2.86. The van der Waals surface area contributed by atoms with Crippen molar-refractivity contribution in [1.29, 1.82) is 0 Å². The second-order valence-corrected chi connectivity index (χ2v) is 2.86. The van der Waals surface area contributed by atoms with Crippen molar-refractivity contribution < 1.29 is 4.39 Å². The molecule has 0 saturated carbocycles. The van der Waals surface area contributed by atoms with E-state index in [0.717, 1.165) is 11.1 Å². The third-order valence-electron chi connectivity index (χ3n) is 2.09. The van der Waals surface area contributed by atoms with Crippen LogP contribution in [0.4, 0.5) is 4.39 Å². The van der Waals surface area contributed by atoms with Crippen molar-refractivity contribution in [1.82, 2.24) is 9.78 Å². The number of aromatic nitrogens is 2. The Morgan fingerprint density at radius 2 is 2.31 bits per heavy atom. The van der Waals surface area contributed by atoms with Crippen molar-refractivity contribution in [3.8, 4) is 0 Å². The maximum absolute atomic E-state index is 13.3. The van der Waals surface area contributed by atoms with Crippen molar-refractivity contribution in [3.05, 3.63) is 36.3 Å². The molecule has 2 aromatic rings. The average Bonchev–Trinajstić information content (AvgIpc) is 2.43. The van der Waals surface area contributed by atoms with Gasteiger partial charge in [-0.05, 0) is 11.6 Å². The van der Waals surface area contributed by atoms with E-state index in [0.29, 0.717) is 5.39 Å². The SMILES string of the molecule is C=Cc1cccc2c1c(F)nn2C. The molecule has 0 radical (unpaired) electrons. The number of benzene rings is 1. The lowest BCUT2D eigenvalue weighted by Crippen LogP contribution is -1.89. The van der Waals surface area contributed by atoms with Crippen LogP contribution in [-0.2, 0) is 7.05 Å². The van der Waals surface area contributed by atoms with Gasteiger partial charge in [0.1, 0.15) is 0 Å². The molecule has 1 aromatic carbocycles. The molecular weight excluding hydrogens is 167 g/mol. The molecule has 0 amide bonds. The molecule has 0 bridgehead atoms. The molecule has 0 fully saturated rings. The highest BCUT2D eigenvalue weighted by atomic mass is 19.1. The van der Waals surface area contributed by atoms with Crippen LogP contribution in [0.2, 0.25) is 0 Å². The lowest BCUT2D eigenvalue weighted by atomic mass is 10.1. The Hall–Kier alpha value is -1.64. The van der Waals surface area contributed by atoms with Crippen LogP contribution in [0.25, 0.3) is 17.0 Å². The van der Waals surface area contributed by atoms with Gasteiger partial charge in [0.05, 0.1) is 10.9 Å². The Kier molecular flexibility index (Phi) is 1.65. The summed E-state index contributed by atoms with van der Waals surface area (Å²) in [6.07, 6.45) is 1.63. The number of fused-ring (bicyclic) bond motifs is 1. The van der Waals surface area contributed by atoms with E-state index in [1.165, 1.54) is 4.68 Å². The first kappa shape index (κ1) is 7.98. The minimum atomic E-state index is -0.437. The predicted molar refractivity (Wildman–Crippen MR) is 50.8 cm³/mol. The molecule has 0 N–H and O–H groups in total.